The third-order valence-corrected chi connectivity index (χ3v) is 3.79. The first kappa shape index (κ1) is 17.5. The summed E-state index contributed by atoms with van der Waals surface area (Å²) in [5.74, 6) is 2.05. The van der Waals surface area contributed by atoms with Crippen molar-refractivity contribution in [1.82, 2.24) is 0 Å². The molecular formula is C22H20O4. The zero-order chi connectivity index (χ0) is 18.5. The van der Waals surface area contributed by atoms with Crippen molar-refractivity contribution < 1.29 is 19.0 Å². The second-order valence-corrected chi connectivity index (χ2v) is 5.97. The zero-order valence-electron chi connectivity index (χ0n) is 14.8. The summed E-state index contributed by atoms with van der Waals surface area (Å²) in [4.78, 5) is 12.4. The fourth-order valence-corrected chi connectivity index (χ4v) is 2.52. The summed E-state index contributed by atoms with van der Waals surface area (Å²) in [5.41, 5.74) is 2.37. The van der Waals surface area contributed by atoms with Crippen LogP contribution in [0.5, 0.6) is 17.2 Å². The minimum Gasteiger partial charge on any atom is -0.496 e. The molecule has 4 nitrogen and oxygen atoms in total. The molecule has 3 rings (SSSR count). The number of methoxy groups -OCH3 is 1. The molecule has 0 saturated carbocycles. The van der Waals surface area contributed by atoms with Crippen LogP contribution in [0.3, 0.4) is 0 Å². The maximum Gasteiger partial charge on any atom is 0.231 e. The Morgan fingerprint density at radius 1 is 1.23 bits per heavy atom. The molecule has 0 aromatic heterocycles. The smallest absolute Gasteiger partial charge is 0.231 e. The number of ether oxygens (including phenoxy) is 3. The maximum absolute atomic E-state index is 12.4. The van der Waals surface area contributed by atoms with E-state index >= 15 is 0 Å². The lowest BCUT2D eigenvalue weighted by Crippen LogP contribution is -1.98. The molecule has 4 heteroatoms. The van der Waals surface area contributed by atoms with Gasteiger partial charge in [-0.15, -0.1) is 0 Å². The molecule has 0 bridgehead atoms. The Kier molecular flexibility index (Phi) is 5.23. The second kappa shape index (κ2) is 7.74. The molecule has 0 fully saturated rings. The molecule has 1 aliphatic heterocycles. The summed E-state index contributed by atoms with van der Waals surface area (Å²) in [5, 5.41) is 0. The van der Waals surface area contributed by atoms with E-state index < -0.39 is 0 Å². The average Bonchev–Trinajstić information content (AvgIpc) is 2.96. The Balaban J connectivity index is 1.75. The Bertz CT molecular complexity index is 906. The van der Waals surface area contributed by atoms with E-state index in [4.69, 9.17) is 14.2 Å². The number of hydrogen-bond acceptors (Lipinski definition) is 4. The molecule has 0 aliphatic carbocycles. The standard InChI is InChI=1S/C22H20O4/c1-15(2)14-25-17-11-12-18-21(13-17)26-20(22(18)23)10-6-8-16-7-4-5-9-19(16)24-3/h4-13H,1,14H2,2-3H3. The number of hydrogen-bond donors (Lipinski definition) is 0. The van der Waals surface area contributed by atoms with E-state index in [1.165, 1.54) is 0 Å². The molecule has 1 heterocycles. The number of benzene rings is 2. The van der Waals surface area contributed by atoms with Crippen LogP contribution in [0, 0.1) is 0 Å². The Hall–Kier alpha value is -3.27. The van der Waals surface area contributed by atoms with Crippen molar-refractivity contribution in [2.45, 2.75) is 6.92 Å². The number of rotatable bonds is 6. The number of para-hydroxylation sites is 1. The summed E-state index contributed by atoms with van der Waals surface area (Å²) in [7, 11) is 1.62. The van der Waals surface area contributed by atoms with E-state index in [1.54, 1.807) is 37.5 Å². The van der Waals surface area contributed by atoms with Gasteiger partial charge in [-0.3, -0.25) is 4.79 Å². The number of Topliss-reactive ketones (excluding diaryl/α,β-unsaturated/α-hetero) is 1. The van der Waals surface area contributed by atoms with Gasteiger partial charge < -0.3 is 14.2 Å². The van der Waals surface area contributed by atoms with Gasteiger partial charge in [0.15, 0.2) is 5.76 Å². The van der Waals surface area contributed by atoms with Gasteiger partial charge in [0.2, 0.25) is 5.78 Å². The van der Waals surface area contributed by atoms with Gasteiger partial charge in [0, 0.05) is 11.6 Å². The van der Waals surface area contributed by atoms with Gasteiger partial charge in [-0.2, -0.15) is 0 Å². The van der Waals surface area contributed by atoms with Crippen LogP contribution in [0.4, 0.5) is 0 Å². The lowest BCUT2D eigenvalue weighted by molar-refractivity contribution is 0.101. The first-order valence-electron chi connectivity index (χ1n) is 8.23. The molecule has 0 amide bonds. The van der Waals surface area contributed by atoms with Crippen molar-refractivity contribution in [3.8, 4) is 17.2 Å². The summed E-state index contributed by atoms with van der Waals surface area (Å²) in [6.45, 7) is 6.12. The molecular weight excluding hydrogens is 328 g/mol. The van der Waals surface area contributed by atoms with Crippen molar-refractivity contribution in [2.24, 2.45) is 0 Å². The summed E-state index contributed by atoms with van der Waals surface area (Å²) in [6.07, 6.45) is 5.30. The fraction of sp³-hybridized carbons (Fsp3) is 0.136. The maximum atomic E-state index is 12.4. The van der Waals surface area contributed by atoms with Crippen LogP contribution in [0.15, 0.2) is 72.5 Å². The van der Waals surface area contributed by atoms with Crippen molar-refractivity contribution >= 4 is 11.9 Å². The van der Waals surface area contributed by atoms with E-state index in [2.05, 4.69) is 6.58 Å². The van der Waals surface area contributed by atoms with Gasteiger partial charge in [-0.25, -0.2) is 0 Å². The summed E-state index contributed by atoms with van der Waals surface area (Å²) < 4.78 is 16.6. The van der Waals surface area contributed by atoms with Crippen LogP contribution in [0.25, 0.3) is 6.08 Å². The number of ketones is 1. The van der Waals surface area contributed by atoms with E-state index in [-0.39, 0.29) is 11.5 Å². The van der Waals surface area contributed by atoms with Crippen LogP contribution in [0.1, 0.15) is 22.8 Å². The predicted octanol–water partition coefficient (Wildman–Crippen LogP) is 4.82. The lowest BCUT2D eigenvalue weighted by atomic mass is 10.1. The van der Waals surface area contributed by atoms with Crippen LogP contribution < -0.4 is 14.2 Å². The lowest BCUT2D eigenvalue weighted by Gasteiger charge is -2.06. The Morgan fingerprint density at radius 3 is 2.81 bits per heavy atom. The highest BCUT2D eigenvalue weighted by atomic mass is 16.5. The van der Waals surface area contributed by atoms with E-state index in [0.29, 0.717) is 23.7 Å². The van der Waals surface area contributed by atoms with Crippen LogP contribution in [0.2, 0.25) is 0 Å². The molecule has 2 aromatic rings. The second-order valence-electron chi connectivity index (χ2n) is 5.97. The minimum absolute atomic E-state index is 0.142. The van der Waals surface area contributed by atoms with Gasteiger partial charge in [-0.1, -0.05) is 36.9 Å². The molecule has 0 saturated heterocycles. The first-order chi connectivity index (χ1) is 12.6. The molecule has 0 unspecified atom stereocenters. The molecule has 2 aromatic carbocycles. The van der Waals surface area contributed by atoms with Gasteiger partial charge in [0.25, 0.3) is 0 Å². The largest absolute Gasteiger partial charge is 0.496 e. The van der Waals surface area contributed by atoms with Crippen molar-refractivity contribution in [2.75, 3.05) is 13.7 Å². The number of carbonyl (C=O) groups excluding carboxylic acids is 1. The van der Waals surface area contributed by atoms with Gasteiger partial charge in [-0.05, 0) is 36.8 Å². The van der Waals surface area contributed by atoms with Crippen LogP contribution >= 0.6 is 0 Å². The predicted molar refractivity (Wildman–Crippen MR) is 102 cm³/mol. The molecule has 26 heavy (non-hydrogen) atoms. The highest BCUT2D eigenvalue weighted by molar-refractivity contribution is 6.12. The number of fused-ring (bicyclic) bond motifs is 1. The van der Waals surface area contributed by atoms with Gasteiger partial charge in [0.1, 0.15) is 23.9 Å². The zero-order valence-corrected chi connectivity index (χ0v) is 14.8. The normalized spacial score (nSPS) is 14.4. The molecule has 1 aliphatic rings. The third kappa shape index (κ3) is 3.86. The van der Waals surface area contributed by atoms with E-state index in [9.17, 15) is 4.79 Å². The summed E-state index contributed by atoms with van der Waals surface area (Å²) in [6, 6.07) is 12.8. The van der Waals surface area contributed by atoms with Crippen molar-refractivity contribution in [1.29, 1.82) is 0 Å². The molecule has 0 atom stereocenters. The monoisotopic (exact) mass is 348 g/mol. The quantitative estimate of drug-likeness (QED) is 0.554. The molecule has 0 spiro atoms. The van der Waals surface area contributed by atoms with E-state index in [1.807, 2.05) is 37.3 Å². The summed E-state index contributed by atoms with van der Waals surface area (Å²) >= 11 is 0. The highest BCUT2D eigenvalue weighted by Crippen LogP contribution is 2.34. The van der Waals surface area contributed by atoms with Crippen molar-refractivity contribution in [3.05, 3.63) is 83.7 Å². The minimum atomic E-state index is -0.142. The topological polar surface area (TPSA) is 44.8 Å². The third-order valence-electron chi connectivity index (χ3n) is 3.79. The average molecular weight is 348 g/mol. The van der Waals surface area contributed by atoms with Crippen molar-refractivity contribution in [3.63, 3.8) is 0 Å². The molecule has 132 valence electrons. The van der Waals surface area contributed by atoms with Gasteiger partial charge >= 0.3 is 0 Å². The SMILES string of the molecule is C=C(C)COc1ccc2c(c1)OC(=CC=Cc1ccccc1OC)C2=O. The van der Waals surface area contributed by atoms with E-state index in [0.717, 1.165) is 16.9 Å². The fourth-order valence-electron chi connectivity index (χ4n) is 2.52. The molecule has 0 radical (unpaired) electrons. The molecule has 0 N–H and O–H groups in total. The Labute approximate surface area is 153 Å². The van der Waals surface area contributed by atoms with Crippen LogP contribution in [-0.2, 0) is 0 Å². The number of carbonyl (C=O) groups is 1. The van der Waals surface area contributed by atoms with Gasteiger partial charge in [0.05, 0.1) is 12.7 Å². The highest BCUT2D eigenvalue weighted by Gasteiger charge is 2.27. The number of allylic oxidation sites excluding steroid dienone is 3. The van der Waals surface area contributed by atoms with Crippen LogP contribution in [-0.4, -0.2) is 19.5 Å². The Morgan fingerprint density at radius 2 is 2.04 bits per heavy atom. The first-order valence-corrected chi connectivity index (χ1v) is 8.23.